The molecule has 2 aromatic carbocycles. The van der Waals surface area contributed by atoms with Gasteiger partial charge < -0.3 is 9.29 Å². The van der Waals surface area contributed by atoms with Crippen LogP contribution in [0.2, 0.25) is 0 Å². The van der Waals surface area contributed by atoms with Crippen molar-refractivity contribution in [1.82, 2.24) is 0 Å². The molecule has 0 heterocycles. The van der Waals surface area contributed by atoms with Crippen LogP contribution in [0.25, 0.3) is 0 Å². The van der Waals surface area contributed by atoms with E-state index in [2.05, 4.69) is 52.5 Å². The average molecular weight is 586 g/mol. The summed E-state index contributed by atoms with van der Waals surface area (Å²) in [6.45, 7) is 0. The Labute approximate surface area is 168 Å². The second-order valence-corrected chi connectivity index (χ2v) is 8.24. The monoisotopic (exact) mass is 583 g/mol. The molecule has 0 fully saturated rings. The van der Waals surface area contributed by atoms with Crippen LogP contribution in [0.15, 0.2) is 30.4 Å². The molecule has 5 nitrogen and oxygen atoms in total. The van der Waals surface area contributed by atoms with Crippen molar-refractivity contribution >= 4 is 63.9 Å². The number of carbonyl (C=O) groups excluding carboxylic acids is 1. The molecule has 0 amide bonds. The minimum absolute atomic E-state index is 0.0948. The molecule has 0 bridgehead atoms. The van der Waals surface area contributed by atoms with E-state index in [-0.39, 0.29) is 10.0 Å². The Hall–Kier alpha value is -1.02. The zero-order chi connectivity index (χ0) is 20.0. The predicted octanol–water partition coefficient (Wildman–Crippen LogP) is 4.65. The van der Waals surface area contributed by atoms with E-state index in [0.717, 1.165) is 0 Å². The average Bonchev–Trinajstić information content (AvgIpc) is 2.53. The summed E-state index contributed by atoms with van der Waals surface area (Å²) in [5, 5.41) is 0. The summed E-state index contributed by atoms with van der Waals surface area (Å²) < 4.78 is 92.6. The molecular weight excluding hydrogens is 584 g/mol. The van der Waals surface area contributed by atoms with Gasteiger partial charge in [0.15, 0.2) is 11.6 Å². The van der Waals surface area contributed by atoms with Crippen molar-refractivity contribution in [3.05, 3.63) is 54.4 Å². The van der Waals surface area contributed by atoms with Crippen LogP contribution in [0.5, 0.6) is 5.75 Å². The molecule has 0 aliphatic carbocycles. The van der Waals surface area contributed by atoms with E-state index in [9.17, 15) is 35.3 Å². The molecule has 0 saturated carbocycles. The summed E-state index contributed by atoms with van der Waals surface area (Å²) in [4.78, 5) is 9.71. The highest BCUT2D eigenvalue weighted by Gasteiger charge is 2.31. The summed E-state index contributed by atoms with van der Waals surface area (Å²) in [5.74, 6) is -12.9. The van der Waals surface area contributed by atoms with E-state index < -0.39 is 50.0 Å². The first-order valence-electron chi connectivity index (χ1n) is 6.05. The third-order valence-corrected chi connectivity index (χ3v) is 7.11. The Kier molecular flexibility index (Phi) is 6.17. The van der Waals surface area contributed by atoms with E-state index >= 15 is 0 Å². The molecule has 0 saturated heterocycles. The van der Waals surface area contributed by atoms with Crippen molar-refractivity contribution in [2.24, 2.45) is 0 Å². The van der Waals surface area contributed by atoms with Crippen LogP contribution in [0, 0.1) is 23.3 Å². The second kappa shape index (κ2) is 7.54. The molecule has 0 radical (unpaired) electrons. The second-order valence-electron chi connectivity index (χ2n) is 4.48. The van der Waals surface area contributed by atoms with Gasteiger partial charge in [-0.25, -0.2) is 22.0 Å². The van der Waals surface area contributed by atoms with Crippen LogP contribution < -0.4 is 4.74 Å². The fourth-order valence-corrected chi connectivity index (χ4v) is 3.80. The maximum Gasteiger partial charge on any atom is 0.344 e. The molecule has 13 heteroatoms. The maximum atomic E-state index is 13.9. The van der Waals surface area contributed by atoms with Gasteiger partial charge in [0, 0.05) is 13.4 Å². The zero-order valence-electron chi connectivity index (χ0n) is 11.7. The highest BCUT2D eigenvalue weighted by molar-refractivity contribution is 9.14. The lowest BCUT2D eigenvalue weighted by Crippen LogP contribution is -2.16. The van der Waals surface area contributed by atoms with Gasteiger partial charge in [-0.15, -0.1) is 0 Å². The standard InChI is InChI=1S/C13H3Br3F4O5S/c14-4-2-1-3(5(15)6(4)16)13(21)25-11-7(17)9(19)12(26(22,23)24)10(20)8(11)18/h1-2H,(H,22,23,24)/p-1. The number of benzene rings is 2. The maximum absolute atomic E-state index is 13.9. The number of carbonyl (C=O) groups is 1. The molecule has 0 atom stereocenters. The Morgan fingerprint density at radius 1 is 0.923 bits per heavy atom. The SMILES string of the molecule is O=C(Oc1c(F)c(F)c(S(=O)(=O)[O-])c(F)c1F)c1ccc(Br)c(Br)c1Br. The highest BCUT2D eigenvalue weighted by Crippen LogP contribution is 2.36. The van der Waals surface area contributed by atoms with E-state index in [4.69, 9.17) is 0 Å². The Balaban J connectivity index is 2.58. The van der Waals surface area contributed by atoms with Gasteiger partial charge in [0.1, 0.15) is 15.0 Å². The molecule has 2 aromatic rings. The summed E-state index contributed by atoms with van der Waals surface area (Å²) in [6.07, 6.45) is 0. The van der Waals surface area contributed by atoms with E-state index in [1.165, 1.54) is 12.1 Å². The molecule has 0 aromatic heterocycles. The van der Waals surface area contributed by atoms with Crippen LogP contribution in [0.4, 0.5) is 17.6 Å². The zero-order valence-corrected chi connectivity index (χ0v) is 17.3. The van der Waals surface area contributed by atoms with Crippen molar-refractivity contribution in [2.75, 3.05) is 0 Å². The van der Waals surface area contributed by atoms with Crippen LogP contribution in [0.1, 0.15) is 10.4 Å². The molecule has 2 rings (SSSR count). The minimum atomic E-state index is -5.86. The molecule has 0 spiro atoms. The fraction of sp³-hybridized carbons (Fsp3) is 0. The largest absolute Gasteiger partial charge is 0.744 e. The van der Waals surface area contributed by atoms with Crippen LogP contribution in [-0.2, 0) is 10.1 Å². The third-order valence-electron chi connectivity index (χ3n) is 2.88. The first kappa shape index (κ1) is 21.3. The van der Waals surface area contributed by atoms with Crippen molar-refractivity contribution in [3.63, 3.8) is 0 Å². The highest BCUT2D eigenvalue weighted by atomic mass is 79.9. The van der Waals surface area contributed by atoms with Crippen LogP contribution >= 0.6 is 47.8 Å². The Bertz CT molecular complexity index is 1010. The lowest BCUT2D eigenvalue weighted by molar-refractivity contribution is 0.0715. The molecule has 140 valence electrons. The minimum Gasteiger partial charge on any atom is -0.744 e. The molecule has 0 N–H and O–H groups in total. The van der Waals surface area contributed by atoms with Gasteiger partial charge in [-0.3, -0.25) is 0 Å². The first-order chi connectivity index (χ1) is 11.9. The van der Waals surface area contributed by atoms with Gasteiger partial charge >= 0.3 is 5.97 Å². The van der Waals surface area contributed by atoms with Crippen molar-refractivity contribution in [2.45, 2.75) is 4.90 Å². The van der Waals surface area contributed by atoms with Crippen molar-refractivity contribution in [3.8, 4) is 5.75 Å². The van der Waals surface area contributed by atoms with Crippen molar-refractivity contribution in [1.29, 1.82) is 0 Å². The van der Waals surface area contributed by atoms with Gasteiger partial charge in [-0.05, 0) is 59.9 Å². The van der Waals surface area contributed by atoms with E-state index in [1.807, 2.05) is 0 Å². The Morgan fingerprint density at radius 2 is 1.42 bits per heavy atom. The summed E-state index contributed by atoms with van der Waals surface area (Å²) in [7, 11) is -5.86. The number of ether oxygens (including phenoxy) is 1. The first-order valence-corrected chi connectivity index (χ1v) is 9.84. The van der Waals surface area contributed by atoms with Crippen molar-refractivity contribution < 1.29 is 40.1 Å². The molecule has 0 aliphatic heterocycles. The number of hydrogen-bond acceptors (Lipinski definition) is 5. The molecule has 0 aliphatic rings. The summed E-state index contributed by atoms with van der Waals surface area (Å²) in [5.41, 5.74) is -0.278. The quantitative estimate of drug-likeness (QED) is 0.131. The van der Waals surface area contributed by atoms with Gasteiger partial charge in [0.25, 0.3) is 0 Å². The molecular formula is C13H2Br3F4O5S-. The predicted molar refractivity (Wildman–Crippen MR) is 88.7 cm³/mol. The number of rotatable bonds is 3. The van der Waals surface area contributed by atoms with Crippen LogP contribution in [-0.4, -0.2) is 18.9 Å². The Morgan fingerprint density at radius 3 is 1.88 bits per heavy atom. The van der Waals surface area contributed by atoms with Gasteiger partial charge in [-0.1, -0.05) is 0 Å². The number of halogens is 7. The smallest absolute Gasteiger partial charge is 0.344 e. The summed E-state index contributed by atoms with van der Waals surface area (Å²) >= 11 is 9.24. The van der Waals surface area contributed by atoms with E-state index in [0.29, 0.717) is 8.95 Å². The topological polar surface area (TPSA) is 83.5 Å². The number of hydrogen-bond donors (Lipinski definition) is 0. The third kappa shape index (κ3) is 3.81. The van der Waals surface area contributed by atoms with Gasteiger partial charge in [-0.2, -0.15) is 8.78 Å². The lowest BCUT2D eigenvalue weighted by atomic mass is 10.2. The van der Waals surface area contributed by atoms with E-state index in [1.54, 1.807) is 0 Å². The van der Waals surface area contributed by atoms with Crippen LogP contribution in [0.3, 0.4) is 0 Å². The molecule has 0 unspecified atom stereocenters. The number of esters is 1. The lowest BCUT2D eigenvalue weighted by Gasteiger charge is -2.14. The summed E-state index contributed by atoms with van der Waals surface area (Å²) in [6, 6.07) is 2.53. The fourth-order valence-electron chi connectivity index (χ4n) is 1.73. The van der Waals surface area contributed by atoms with Gasteiger partial charge in [0.05, 0.1) is 5.56 Å². The van der Waals surface area contributed by atoms with Gasteiger partial charge in [0.2, 0.25) is 17.4 Å². The normalized spacial score (nSPS) is 11.5. The molecule has 26 heavy (non-hydrogen) atoms.